The normalized spacial score (nSPS) is 12.0. The number of carbonyl (C=O) groups is 2. The molecule has 0 saturated heterocycles. The Kier molecular flexibility index (Phi) is 11.0. The molecule has 0 aliphatic carbocycles. The number of hydrogen-bond acceptors (Lipinski definition) is 5. The van der Waals surface area contributed by atoms with E-state index in [1.165, 1.54) is 4.31 Å². The molecule has 2 aromatic carbocycles. The Labute approximate surface area is 209 Å². The number of carbonyl (C=O) groups excluding carboxylic acids is 2. The van der Waals surface area contributed by atoms with Crippen molar-refractivity contribution in [2.45, 2.75) is 52.6 Å². The third-order valence-electron chi connectivity index (χ3n) is 5.50. The summed E-state index contributed by atoms with van der Waals surface area (Å²) in [5.41, 5.74) is 1.36. The van der Waals surface area contributed by atoms with Crippen LogP contribution in [0.2, 0.25) is 0 Å². The Bertz CT molecular complexity index is 1060. The van der Waals surface area contributed by atoms with Gasteiger partial charge in [-0.25, -0.2) is 8.42 Å². The van der Waals surface area contributed by atoms with Crippen LogP contribution in [-0.2, 0) is 26.2 Å². The van der Waals surface area contributed by atoms with Crippen molar-refractivity contribution in [3.63, 3.8) is 0 Å². The SMILES string of the molecule is CCCNC(=O)[C@@H](C)N(Cc1ccccc1)C(=O)CCCN(c1ccccc1OCC)S(C)(=O)=O. The van der Waals surface area contributed by atoms with Gasteiger partial charge in [0.15, 0.2) is 0 Å². The highest BCUT2D eigenvalue weighted by molar-refractivity contribution is 7.92. The van der Waals surface area contributed by atoms with Gasteiger partial charge >= 0.3 is 0 Å². The van der Waals surface area contributed by atoms with Crippen molar-refractivity contribution in [3.05, 3.63) is 60.2 Å². The smallest absolute Gasteiger partial charge is 0.242 e. The van der Waals surface area contributed by atoms with Crippen LogP contribution in [0.5, 0.6) is 5.75 Å². The van der Waals surface area contributed by atoms with Crippen LogP contribution in [0.25, 0.3) is 0 Å². The van der Waals surface area contributed by atoms with E-state index < -0.39 is 16.1 Å². The maximum absolute atomic E-state index is 13.3. The lowest BCUT2D eigenvalue weighted by Crippen LogP contribution is -2.47. The molecule has 0 fully saturated rings. The van der Waals surface area contributed by atoms with Gasteiger partial charge in [0.2, 0.25) is 21.8 Å². The number of para-hydroxylation sites is 2. The standard InChI is InChI=1S/C26H37N3O5S/c1-5-18-27-26(31)21(3)28(20-22-13-8-7-9-14-22)25(30)17-12-19-29(35(4,32)33)23-15-10-11-16-24(23)34-6-2/h7-11,13-16,21H,5-6,12,17-20H2,1-4H3,(H,27,31)/t21-/m1/s1. The minimum atomic E-state index is -3.60. The molecule has 2 rings (SSSR count). The van der Waals surface area contributed by atoms with Crippen LogP contribution in [0, 0.1) is 0 Å². The highest BCUT2D eigenvalue weighted by Crippen LogP contribution is 2.30. The fourth-order valence-electron chi connectivity index (χ4n) is 3.68. The largest absolute Gasteiger partial charge is 0.492 e. The minimum Gasteiger partial charge on any atom is -0.492 e. The van der Waals surface area contributed by atoms with E-state index in [4.69, 9.17) is 4.74 Å². The van der Waals surface area contributed by atoms with E-state index >= 15 is 0 Å². The first-order chi connectivity index (χ1) is 16.7. The average Bonchev–Trinajstić information content (AvgIpc) is 2.83. The van der Waals surface area contributed by atoms with Gasteiger partial charge in [-0.1, -0.05) is 49.4 Å². The maximum atomic E-state index is 13.3. The van der Waals surface area contributed by atoms with E-state index in [2.05, 4.69) is 5.32 Å². The lowest BCUT2D eigenvalue weighted by Gasteiger charge is -2.29. The van der Waals surface area contributed by atoms with Gasteiger partial charge in [-0.05, 0) is 44.4 Å². The highest BCUT2D eigenvalue weighted by atomic mass is 32.2. The van der Waals surface area contributed by atoms with Crippen LogP contribution in [0.1, 0.15) is 45.6 Å². The van der Waals surface area contributed by atoms with Gasteiger partial charge in [0.25, 0.3) is 0 Å². The summed E-state index contributed by atoms with van der Waals surface area (Å²) in [6.07, 6.45) is 2.33. The van der Waals surface area contributed by atoms with Crippen LogP contribution in [0.3, 0.4) is 0 Å². The van der Waals surface area contributed by atoms with Crippen molar-refractivity contribution in [3.8, 4) is 5.75 Å². The molecule has 2 amide bonds. The van der Waals surface area contributed by atoms with E-state index in [9.17, 15) is 18.0 Å². The number of ether oxygens (including phenoxy) is 1. The van der Waals surface area contributed by atoms with Crippen LogP contribution >= 0.6 is 0 Å². The number of amides is 2. The van der Waals surface area contributed by atoms with E-state index in [1.807, 2.05) is 44.2 Å². The van der Waals surface area contributed by atoms with Gasteiger partial charge in [-0.2, -0.15) is 0 Å². The molecule has 9 heteroatoms. The predicted molar refractivity (Wildman–Crippen MR) is 139 cm³/mol. The molecule has 0 aliphatic rings. The number of rotatable bonds is 14. The van der Waals surface area contributed by atoms with Crippen molar-refractivity contribution in [1.29, 1.82) is 0 Å². The third kappa shape index (κ3) is 8.58. The lowest BCUT2D eigenvalue weighted by molar-refractivity contribution is -0.140. The first kappa shape index (κ1) is 28.2. The van der Waals surface area contributed by atoms with Crippen molar-refractivity contribution < 1.29 is 22.7 Å². The van der Waals surface area contributed by atoms with Crippen molar-refractivity contribution in [2.24, 2.45) is 0 Å². The molecule has 0 aliphatic heterocycles. The molecule has 0 bridgehead atoms. The fraction of sp³-hybridized carbons (Fsp3) is 0.462. The highest BCUT2D eigenvalue weighted by Gasteiger charge is 2.27. The van der Waals surface area contributed by atoms with Gasteiger partial charge in [0.1, 0.15) is 11.8 Å². The van der Waals surface area contributed by atoms with E-state index in [0.29, 0.717) is 37.6 Å². The second kappa shape index (κ2) is 13.7. The summed E-state index contributed by atoms with van der Waals surface area (Å²) in [7, 11) is -3.60. The summed E-state index contributed by atoms with van der Waals surface area (Å²) in [4.78, 5) is 27.4. The van der Waals surface area contributed by atoms with Gasteiger partial charge in [0.05, 0.1) is 18.6 Å². The molecule has 35 heavy (non-hydrogen) atoms. The molecule has 1 N–H and O–H groups in total. The molecule has 0 heterocycles. The van der Waals surface area contributed by atoms with Crippen LogP contribution in [-0.4, -0.2) is 57.1 Å². The van der Waals surface area contributed by atoms with E-state index in [-0.39, 0.29) is 24.8 Å². The number of nitrogens with one attached hydrogen (secondary N) is 1. The topological polar surface area (TPSA) is 96.0 Å². The first-order valence-electron chi connectivity index (χ1n) is 12.0. The fourth-order valence-corrected chi connectivity index (χ4v) is 4.65. The Morgan fingerprint density at radius 2 is 1.69 bits per heavy atom. The van der Waals surface area contributed by atoms with Crippen molar-refractivity contribution in [2.75, 3.05) is 30.3 Å². The molecular weight excluding hydrogens is 466 g/mol. The van der Waals surface area contributed by atoms with Crippen LogP contribution < -0.4 is 14.4 Å². The molecule has 8 nitrogen and oxygen atoms in total. The number of benzene rings is 2. The lowest BCUT2D eigenvalue weighted by atomic mass is 10.1. The van der Waals surface area contributed by atoms with Gasteiger partial charge in [0, 0.05) is 26.1 Å². The Balaban J connectivity index is 2.16. The molecule has 2 aromatic rings. The zero-order chi connectivity index (χ0) is 25.8. The summed E-state index contributed by atoms with van der Waals surface area (Å²) in [5, 5.41) is 2.85. The predicted octanol–water partition coefficient (Wildman–Crippen LogP) is 3.58. The third-order valence-corrected chi connectivity index (χ3v) is 6.68. The number of sulfonamides is 1. The van der Waals surface area contributed by atoms with Crippen molar-refractivity contribution >= 4 is 27.5 Å². The molecule has 1 atom stereocenters. The zero-order valence-electron chi connectivity index (χ0n) is 21.1. The number of anilines is 1. The Morgan fingerprint density at radius 1 is 1.03 bits per heavy atom. The van der Waals surface area contributed by atoms with Gasteiger partial charge in [-0.15, -0.1) is 0 Å². The van der Waals surface area contributed by atoms with E-state index in [0.717, 1.165) is 18.2 Å². The molecule has 0 aromatic heterocycles. The second-order valence-corrected chi connectivity index (χ2v) is 10.2. The van der Waals surface area contributed by atoms with Gasteiger partial charge < -0.3 is 15.0 Å². The molecule has 0 spiro atoms. The number of hydrogen-bond donors (Lipinski definition) is 1. The average molecular weight is 504 g/mol. The molecule has 0 unspecified atom stereocenters. The molecule has 0 saturated carbocycles. The van der Waals surface area contributed by atoms with Crippen molar-refractivity contribution in [1.82, 2.24) is 10.2 Å². The van der Waals surface area contributed by atoms with Crippen LogP contribution in [0.15, 0.2) is 54.6 Å². The van der Waals surface area contributed by atoms with E-state index in [1.54, 1.807) is 36.1 Å². The molecule has 0 radical (unpaired) electrons. The molecular formula is C26H37N3O5S. The van der Waals surface area contributed by atoms with Crippen LogP contribution in [0.4, 0.5) is 5.69 Å². The Morgan fingerprint density at radius 3 is 2.31 bits per heavy atom. The summed E-state index contributed by atoms with van der Waals surface area (Å²) in [6.45, 7) is 6.87. The number of nitrogens with zero attached hydrogens (tertiary/aromatic N) is 2. The zero-order valence-corrected chi connectivity index (χ0v) is 21.9. The quantitative estimate of drug-likeness (QED) is 0.425. The first-order valence-corrected chi connectivity index (χ1v) is 13.8. The second-order valence-electron chi connectivity index (χ2n) is 8.31. The Hall–Kier alpha value is -3.07. The summed E-state index contributed by atoms with van der Waals surface area (Å²) in [5.74, 6) is 0.0535. The maximum Gasteiger partial charge on any atom is 0.242 e. The summed E-state index contributed by atoms with van der Waals surface area (Å²) in [6, 6.07) is 15.8. The monoisotopic (exact) mass is 503 g/mol. The summed E-state index contributed by atoms with van der Waals surface area (Å²) >= 11 is 0. The van der Waals surface area contributed by atoms with Gasteiger partial charge in [-0.3, -0.25) is 13.9 Å². The molecule has 192 valence electrons. The minimum absolute atomic E-state index is 0.0983. The summed E-state index contributed by atoms with van der Waals surface area (Å²) < 4.78 is 32.0.